The quantitative estimate of drug-likeness (QED) is 0.760. The fourth-order valence-corrected chi connectivity index (χ4v) is 2.82. The lowest BCUT2D eigenvalue weighted by Gasteiger charge is -2.11. The third kappa shape index (κ3) is 3.12. The maximum absolute atomic E-state index is 12.1. The highest BCUT2D eigenvalue weighted by molar-refractivity contribution is 9.10. The van der Waals surface area contributed by atoms with Crippen LogP contribution >= 0.6 is 15.9 Å². The molecule has 0 saturated heterocycles. The normalized spacial score (nSPS) is 12.5. The van der Waals surface area contributed by atoms with E-state index >= 15 is 0 Å². The topological polar surface area (TPSA) is 70.2 Å². The molecule has 0 aliphatic carbocycles. The van der Waals surface area contributed by atoms with Crippen LogP contribution in [-0.4, -0.2) is 11.9 Å². The Kier molecular flexibility index (Phi) is 3.85. The molecule has 1 aliphatic rings. The molecular formula is C16H14BrN3O2. The van der Waals surface area contributed by atoms with E-state index in [-0.39, 0.29) is 11.9 Å². The zero-order valence-electron chi connectivity index (χ0n) is 11.9. The van der Waals surface area contributed by atoms with E-state index in [2.05, 4.69) is 31.9 Å². The maximum Gasteiger partial charge on any atom is 0.323 e. The fourth-order valence-electron chi connectivity index (χ4n) is 2.34. The summed E-state index contributed by atoms with van der Waals surface area (Å²) in [6.07, 6.45) is 0.389. The summed E-state index contributed by atoms with van der Waals surface area (Å²) in [4.78, 5) is 23.4. The maximum atomic E-state index is 12.1. The first-order valence-corrected chi connectivity index (χ1v) is 7.57. The predicted octanol–water partition coefficient (Wildman–Crippen LogP) is 3.90. The number of benzene rings is 2. The summed E-state index contributed by atoms with van der Waals surface area (Å²) in [6.45, 7) is 1.92. The summed E-state index contributed by atoms with van der Waals surface area (Å²) in [7, 11) is 0. The van der Waals surface area contributed by atoms with Gasteiger partial charge in [0.25, 0.3) is 0 Å². The van der Waals surface area contributed by atoms with Gasteiger partial charge in [0.2, 0.25) is 5.91 Å². The molecule has 5 nitrogen and oxygen atoms in total. The van der Waals surface area contributed by atoms with Crippen molar-refractivity contribution >= 4 is 44.9 Å². The molecule has 0 atom stereocenters. The first kappa shape index (κ1) is 14.6. The summed E-state index contributed by atoms with van der Waals surface area (Å²) in [5, 5.41) is 8.33. The van der Waals surface area contributed by atoms with Crippen LogP contribution in [0.15, 0.2) is 40.9 Å². The predicted molar refractivity (Wildman–Crippen MR) is 90.3 cm³/mol. The van der Waals surface area contributed by atoms with Crippen LogP contribution in [0.1, 0.15) is 11.1 Å². The lowest BCUT2D eigenvalue weighted by Crippen LogP contribution is -2.20. The standard InChI is InChI=1S/C16H14BrN3O2/c1-9-6-11(17)3-5-13(9)20-16(22)18-12-4-2-10-7-15(21)19-14(10)8-12/h2-6,8H,7H2,1H3,(H,19,21)(H2,18,20,22). The summed E-state index contributed by atoms with van der Waals surface area (Å²) in [5.41, 5.74) is 4.04. The second-order valence-electron chi connectivity index (χ2n) is 5.14. The average molecular weight is 360 g/mol. The molecule has 1 heterocycles. The summed E-state index contributed by atoms with van der Waals surface area (Å²) in [5.74, 6) is -0.0258. The Morgan fingerprint density at radius 2 is 2.00 bits per heavy atom. The Balaban J connectivity index is 1.70. The van der Waals surface area contributed by atoms with Crippen LogP contribution in [0, 0.1) is 6.92 Å². The van der Waals surface area contributed by atoms with Crippen molar-refractivity contribution in [2.75, 3.05) is 16.0 Å². The Morgan fingerprint density at radius 1 is 1.18 bits per heavy atom. The van der Waals surface area contributed by atoms with Gasteiger partial charge in [-0.2, -0.15) is 0 Å². The van der Waals surface area contributed by atoms with Gasteiger partial charge >= 0.3 is 6.03 Å². The van der Waals surface area contributed by atoms with Crippen LogP contribution in [-0.2, 0) is 11.2 Å². The van der Waals surface area contributed by atoms with Crippen LogP contribution in [0.4, 0.5) is 21.9 Å². The summed E-state index contributed by atoms with van der Waals surface area (Å²) < 4.78 is 0.963. The molecule has 3 N–H and O–H groups in total. The fraction of sp³-hybridized carbons (Fsp3) is 0.125. The number of halogens is 1. The molecule has 0 unspecified atom stereocenters. The molecule has 2 aromatic carbocycles. The molecule has 0 fully saturated rings. The molecule has 3 rings (SSSR count). The molecule has 0 aromatic heterocycles. The van der Waals surface area contributed by atoms with Crippen molar-refractivity contribution in [3.63, 3.8) is 0 Å². The lowest BCUT2D eigenvalue weighted by atomic mass is 10.1. The molecule has 0 bridgehead atoms. The number of amides is 3. The minimum absolute atomic E-state index is 0.0258. The number of hydrogen-bond donors (Lipinski definition) is 3. The van der Waals surface area contributed by atoms with E-state index in [9.17, 15) is 9.59 Å². The van der Waals surface area contributed by atoms with Crippen molar-refractivity contribution < 1.29 is 9.59 Å². The van der Waals surface area contributed by atoms with Gasteiger partial charge in [0.15, 0.2) is 0 Å². The van der Waals surface area contributed by atoms with E-state index in [1.165, 1.54) is 0 Å². The monoisotopic (exact) mass is 359 g/mol. The van der Waals surface area contributed by atoms with Crippen molar-refractivity contribution in [2.45, 2.75) is 13.3 Å². The van der Waals surface area contributed by atoms with Gasteiger partial charge in [-0.3, -0.25) is 4.79 Å². The van der Waals surface area contributed by atoms with Crippen LogP contribution < -0.4 is 16.0 Å². The Labute approximate surface area is 136 Å². The Bertz CT molecular complexity index is 774. The molecule has 0 saturated carbocycles. The SMILES string of the molecule is Cc1cc(Br)ccc1NC(=O)Nc1ccc2c(c1)NC(=O)C2. The number of carbonyl (C=O) groups is 2. The molecule has 112 valence electrons. The number of nitrogens with one attached hydrogen (secondary N) is 3. The molecule has 22 heavy (non-hydrogen) atoms. The minimum atomic E-state index is -0.324. The van der Waals surface area contributed by atoms with E-state index in [0.717, 1.165) is 27.0 Å². The smallest absolute Gasteiger partial charge is 0.323 e. The number of urea groups is 1. The highest BCUT2D eigenvalue weighted by atomic mass is 79.9. The zero-order chi connectivity index (χ0) is 15.7. The van der Waals surface area contributed by atoms with Gasteiger partial charge in [-0.05, 0) is 48.4 Å². The van der Waals surface area contributed by atoms with Gasteiger partial charge in [-0.25, -0.2) is 4.79 Å². The summed E-state index contributed by atoms with van der Waals surface area (Å²) >= 11 is 3.39. The van der Waals surface area contributed by atoms with E-state index in [1.807, 2.05) is 31.2 Å². The molecular weight excluding hydrogens is 346 g/mol. The van der Waals surface area contributed by atoms with Crippen LogP contribution in [0.2, 0.25) is 0 Å². The van der Waals surface area contributed by atoms with Crippen LogP contribution in [0.5, 0.6) is 0 Å². The molecule has 2 aromatic rings. The Hall–Kier alpha value is -2.34. The second kappa shape index (κ2) is 5.81. The van der Waals surface area contributed by atoms with Gasteiger partial charge in [-0.1, -0.05) is 22.0 Å². The highest BCUT2D eigenvalue weighted by Crippen LogP contribution is 2.26. The number of anilines is 3. The molecule has 6 heteroatoms. The van der Waals surface area contributed by atoms with Gasteiger partial charge in [0.1, 0.15) is 0 Å². The lowest BCUT2D eigenvalue weighted by molar-refractivity contribution is -0.115. The first-order valence-electron chi connectivity index (χ1n) is 6.78. The molecule has 0 spiro atoms. The van der Waals surface area contributed by atoms with Gasteiger partial charge in [0.05, 0.1) is 6.42 Å². The second-order valence-corrected chi connectivity index (χ2v) is 6.05. The molecule has 1 aliphatic heterocycles. The molecule has 0 radical (unpaired) electrons. The Morgan fingerprint density at radius 3 is 2.77 bits per heavy atom. The average Bonchev–Trinajstić information content (AvgIpc) is 2.81. The van der Waals surface area contributed by atoms with Gasteiger partial charge in [-0.15, -0.1) is 0 Å². The number of carbonyl (C=O) groups excluding carboxylic acids is 2. The van der Waals surface area contributed by atoms with Crippen LogP contribution in [0.25, 0.3) is 0 Å². The zero-order valence-corrected chi connectivity index (χ0v) is 13.5. The number of hydrogen-bond acceptors (Lipinski definition) is 2. The van der Waals surface area contributed by atoms with Crippen molar-refractivity contribution in [3.8, 4) is 0 Å². The summed E-state index contributed by atoms with van der Waals surface area (Å²) in [6, 6.07) is 10.7. The van der Waals surface area contributed by atoms with Crippen LogP contribution in [0.3, 0.4) is 0 Å². The minimum Gasteiger partial charge on any atom is -0.325 e. The molecule has 3 amide bonds. The third-order valence-corrected chi connectivity index (χ3v) is 3.92. The van der Waals surface area contributed by atoms with E-state index in [1.54, 1.807) is 12.1 Å². The van der Waals surface area contributed by atoms with Crippen molar-refractivity contribution in [2.24, 2.45) is 0 Å². The first-order chi connectivity index (χ1) is 10.5. The van der Waals surface area contributed by atoms with E-state index in [4.69, 9.17) is 0 Å². The van der Waals surface area contributed by atoms with Gasteiger partial charge in [0, 0.05) is 21.5 Å². The van der Waals surface area contributed by atoms with Crippen molar-refractivity contribution in [1.29, 1.82) is 0 Å². The number of fused-ring (bicyclic) bond motifs is 1. The van der Waals surface area contributed by atoms with Crippen molar-refractivity contribution in [3.05, 3.63) is 52.0 Å². The van der Waals surface area contributed by atoms with Gasteiger partial charge < -0.3 is 16.0 Å². The highest BCUT2D eigenvalue weighted by Gasteiger charge is 2.17. The van der Waals surface area contributed by atoms with E-state index in [0.29, 0.717) is 12.1 Å². The third-order valence-electron chi connectivity index (χ3n) is 3.43. The largest absolute Gasteiger partial charge is 0.325 e. The number of aryl methyl sites for hydroxylation is 1. The number of rotatable bonds is 2. The van der Waals surface area contributed by atoms with Crippen molar-refractivity contribution in [1.82, 2.24) is 0 Å². The van der Waals surface area contributed by atoms with E-state index < -0.39 is 0 Å².